The number of hydrogen-bond acceptors (Lipinski definition) is 3. The van der Waals surface area contributed by atoms with Crippen LogP contribution in [0.2, 0.25) is 0 Å². The normalized spacial score (nSPS) is 18.4. The molecule has 3 aromatic carbocycles. The third-order valence-electron chi connectivity index (χ3n) is 4.86. The van der Waals surface area contributed by atoms with E-state index in [9.17, 15) is 9.59 Å². The van der Waals surface area contributed by atoms with Crippen molar-refractivity contribution in [3.05, 3.63) is 78.4 Å². The second-order valence-electron chi connectivity index (χ2n) is 8.20. The number of rotatable bonds is 3. The first-order valence-electron chi connectivity index (χ1n) is 9.70. The Morgan fingerprint density at radius 2 is 1.55 bits per heavy atom. The molecule has 1 heterocycles. The molecule has 1 aliphatic rings. The molecule has 148 valence electrons. The molecule has 5 nitrogen and oxygen atoms in total. The summed E-state index contributed by atoms with van der Waals surface area (Å²) in [6.07, 6.45) is -0.483. The number of fused-ring (bicyclic) bond motifs is 1. The molecule has 1 saturated heterocycles. The first kappa shape index (κ1) is 19.0. The van der Waals surface area contributed by atoms with E-state index >= 15 is 0 Å². The lowest BCUT2D eigenvalue weighted by Crippen LogP contribution is -2.30. The average Bonchev–Trinajstić information content (AvgIpc) is 3.43. The molecule has 0 spiro atoms. The lowest BCUT2D eigenvalue weighted by Gasteiger charge is -2.20. The molecule has 1 fully saturated rings. The van der Waals surface area contributed by atoms with Crippen molar-refractivity contribution in [2.24, 2.45) is 0 Å². The van der Waals surface area contributed by atoms with E-state index in [0.29, 0.717) is 5.69 Å². The van der Waals surface area contributed by atoms with Crippen LogP contribution in [0, 0.1) is 0 Å². The maximum absolute atomic E-state index is 13.0. The van der Waals surface area contributed by atoms with Gasteiger partial charge in [0.2, 0.25) is 5.91 Å². The van der Waals surface area contributed by atoms with Crippen LogP contribution in [-0.2, 0) is 9.53 Å². The molecule has 0 aliphatic carbocycles. The predicted molar refractivity (Wildman–Crippen MR) is 114 cm³/mol. The van der Waals surface area contributed by atoms with Gasteiger partial charge in [-0.05, 0) is 49.2 Å². The Balaban J connectivity index is 1.67. The molecule has 0 saturated carbocycles. The van der Waals surface area contributed by atoms with Gasteiger partial charge < -0.3 is 10.1 Å². The summed E-state index contributed by atoms with van der Waals surface area (Å²) in [6.45, 7) is 5.46. The second kappa shape index (κ2) is 7.24. The van der Waals surface area contributed by atoms with E-state index in [1.165, 1.54) is 4.90 Å². The third kappa shape index (κ3) is 3.94. The zero-order valence-electron chi connectivity index (χ0n) is 16.8. The predicted octanol–water partition coefficient (Wildman–Crippen LogP) is 5.14. The van der Waals surface area contributed by atoms with Gasteiger partial charge in [-0.25, -0.2) is 4.79 Å². The highest BCUT2D eigenvalue weighted by molar-refractivity contribution is 6.02. The Bertz CT molecular complexity index is 1050. The molecule has 4 rings (SSSR count). The van der Waals surface area contributed by atoms with Crippen molar-refractivity contribution in [1.82, 2.24) is 4.90 Å². The van der Waals surface area contributed by atoms with Gasteiger partial charge in [0.25, 0.3) is 0 Å². The van der Waals surface area contributed by atoms with Crippen molar-refractivity contribution >= 4 is 28.5 Å². The van der Waals surface area contributed by atoms with E-state index in [4.69, 9.17) is 4.74 Å². The van der Waals surface area contributed by atoms with Gasteiger partial charge in [-0.3, -0.25) is 9.69 Å². The minimum Gasteiger partial charge on any atom is -0.444 e. The van der Waals surface area contributed by atoms with Crippen LogP contribution in [0.15, 0.2) is 72.8 Å². The number of hydrogen-bond donors (Lipinski definition) is 1. The van der Waals surface area contributed by atoms with Gasteiger partial charge in [0.15, 0.2) is 0 Å². The van der Waals surface area contributed by atoms with Crippen molar-refractivity contribution in [3.8, 4) is 0 Å². The van der Waals surface area contributed by atoms with E-state index < -0.39 is 17.7 Å². The minimum absolute atomic E-state index is 0.222. The van der Waals surface area contributed by atoms with Gasteiger partial charge in [-0.15, -0.1) is 0 Å². The maximum atomic E-state index is 13.0. The van der Waals surface area contributed by atoms with Crippen molar-refractivity contribution in [1.29, 1.82) is 0 Å². The lowest BCUT2D eigenvalue weighted by atomic mass is 10.0. The van der Waals surface area contributed by atoms with Gasteiger partial charge in [-0.2, -0.15) is 0 Å². The Hall–Kier alpha value is -3.34. The fourth-order valence-electron chi connectivity index (χ4n) is 3.61. The van der Waals surface area contributed by atoms with Gasteiger partial charge in [0.1, 0.15) is 11.6 Å². The van der Waals surface area contributed by atoms with Gasteiger partial charge in [0.05, 0.1) is 6.04 Å². The largest absolute Gasteiger partial charge is 0.444 e. The molecule has 0 bridgehead atoms. The smallest absolute Gasteiger partial charge is 0.411 e. The molecular weight excluding hydrogens is 364 g/mol. The molecule has 2 atom stereocenters. The number of para-hydroxylation sites is 1. The molecule has 0 unspecified atom stereocenters. The van der Waals surface area contributed by atoms with Crippen molar-refractivity contribution in [3.63, 3.8) is 0 Å². The summed E-state index contributed by atoms with van der Waals surface area (Å²) in [7, 11) is 0. The molecule has 0 radical (unpaired) electrons. The number of nitrogens with zero attached hydrogens (tertiary/aromatic N) is 1. The molecule has 29 heavy (non-hydrogen) atoms. The van der Waals surface area contributed by atoms with E-state index in [1.54, 1.807) is 0 Å². The summed E-state index contributed by atoms with van der Waals surface area (Å²) in [4.78, 5) is 27.4. The van der Waals surface area contributed by atoms with Gasteiger partial charge >= 0.3 is 6.09 Å². The Kier molecular flexibility index (Phi) is 4.74. The summed E-state index contributed by atoms with van der Waals surface area (Å²) < 4.78 is 5.56. The van der Waals surface area contributed by atoms with Crippen LogP contribution in [0.1, 0.15) is 32.4 Å². The summed E-state index contributed by atoms with van der Waals surface area (Å²) in [5, 5.41) is 5.01. The van der Waals surface area contributed by atoms with Crippen LogP contribution in [0.25, 0.3) is 10.8 Å². The van der Waals surface area contributed by atoms with Gasteiger partial charge in [0, 0.05) is 5.69 Å². The van der Waals surface area contributed by atoms with Crippen molar-refractivity contribution in [2.75, 3.05) is 5.32 Å². The quantitative estimate of drug-likeness (QED) is 0.632. The number of nitrogens with one attached hydrogen (secondary N) is 1. The number of carbonyl (C=O) groups excluding carboxylic acids is 2. The van der Waals surface area contributed by atoms with Crippen LogP contribution in [-0.4, -0.2) is 28.5 Å². The van der Waals surface area contributed by atoms with E-state index in [0.717, 1.165) is 16.3 Å². The fourth-order valence-corrected chi connectivity index (χ4v) is 3.61. The summed E-state index contributed by atoms with van der Waals surface area (Å²) in [5.74, 6) is -0.222. The molecule has 3 aromatic rings. The SMILES string of the molecule is CC(C)(C)OC(=O)N1[C@@H](C(=O)Nc2ccccc2)[C@@H]1c1cccc2ccccc12. The Labute approximate surface area is 170 Å². The first-order valence-corrected chi connectivity index (χ1v) is 9.70. The molecule has 1 aliphatic heterocycles. The highest BCUT2D eigenvalue weighted by atomic mass is 16.6. The monoisotopic (exact) mass is 388 g/mol. The zero-order valence-corrected chi connectivity index (χ0v) is 16.8. The van der Waals surface area contributed by atoms with E-state index in [2.05, 4.69) is 5.32 Å². The molecule has 0 aromatic heterocycles. The Morgan fingerprint density at radius 1 is 0.897 bits per heavy atom. The van der Waals surface area contributed by atoms with Crippen LogP contribution in [0.3, 0.4) is 0 Å². The van der Waals surface area contributed by atoms with Crippen molar-refractivity contribution in [2.45, 2.75) is 38.5 Å². The minimum atomic E-state index is -0.635. The van der Waals surface area contributed by atoms with Crippen LogP contribution in [0.4, 0.5) is 10.5 Å². The lowest BCUT2D eigenvalue weighted by molar-refractivity contribution is -0.116. The van der Waals surface area contributed by atoms with Crippen LogP contribution < -0.4 is 5.32 Å². The molecular formula is C24H24N2O3. The van der Waals surface area contributed by atoms with Crippen molar-refractivity contribution < 1.29 is 14.3 Å². The number of carbonyl (C=O) groups is 2. The number of amides is 2. The second-order valence-corrected chi connectivity index (χ2v) is 8.20. The topological polar surface area (TPSA) is 58.4 Å². The van der Waals surface area contributed by atoms with E-state index in [1.807, 2.05) is 93.6 Å². The average molecular weight is 388 g/mol. The highest BCUT2D eigenvalue weighted by Gasteiger charge is 2.58. The number of ether oxygens (including phenoxy) is 1. The number of benzene rings is 3. The third-order valence-corrected chi connectivity index (χ3v) is 4.86. The standard InChI is InChI=1S/C24H24N2O3/c1-24(2,3)29-23(28)26-20(19-15-9-11-16-10-7-8-14-18(16)19)21(26)22(27)25-17-12-5-4-6-13-17/h4-15,20-21H,1-3H3,(H,25,27)/t20-,21+,26?/m0/s1. The summed E-state index contributed by atoms with van der Waals surface area (Å²) >= 11 is 0. The molecule has 2 amide bonds. The summed E-state index contributed by atoms with van der Waals surface area (Å²) in [6, 6.07) is 22.2. The molecule has 5 heteroatoms. The fraction of sp³-hybridized carbons (Fsp3) is 0.250. The van der Waals surface area contributed by atoms with Crippen LogP contribution in [0.5, 0.6) is 0 Å². The summed E-state index contributed by atoms with van der Waals surface area (Å²) in [5.41, 5.74) is 1.01. The zero-order chi connectivity index (χ0) is 20.6. The Morgan fingerprint density at radius 3 is 2.28 bits per heavy atom. The number of anilines is 1. The van der Waals surface area contributed by atoms with E-state index in [-0.39, 0.29) is 11.9 Å². The highest BCUT2D eigenvalue weighted by Crippen LogP contribution is 2.47. The maximum Gasteiger partial charge on any atom is 0.411 e. The molecule has 1 N–H and O–H groups in total. The van der Waals surface area contributed by atoms with Crippen LogP contribution >= 0.6 is 0 Å². The first-order chi connectivity index (χ1) is 13.8. The van der Waals surface area contributed by atoms with Gasteiger partial charge in [-0.1, -0.05) is 60.7 Å².